The lowest BCUT2D eigenvalue weighted by Gasteiger charge is -2.34. The average molecular weight is 572 g/mol. The summed E-state index contributed by atoms with van der Waals surface area (Å²) in [5, 5.41) is 5.62. The van der Waals surface area contributed by atoms with Crippen molar-refractivity contribution >= 4 is 36.2 Å². The summed E-state index contributed by atoms with van der Waals surface area (Å²) in [4.78, 5) is 42.1. The molecule has 8 nitrogen and oxygen atoms in total. The minimum atomic E-state index is -0.976. The largest absolute Gasteiger partial charge is 0.497 e. The van der Waals surface area contributed by atoms with E-state index in [0.29, 0.717) is 30.0 Å². The lowest BCUT2D eigenvalue weighted by atomic mass is 10.00. The molecule has 0 aliphatic carbocycles. The number of nitrogens with zero attached hydrogens (tertiary/aromatic N) is 1. The molecule has 0 radical (unpaired) electrons. The van der Waals surface area contributed by atoms with E-state index >= 15 is 0 Å². The fourth-order valence-corrected chi connectivity index (χ4v) is 4.45. The van der Waals surface area contributed by atoms with Crippen LogP contribution in [0, 0.1) is 0 Å². The third kappa shape index (κ3) is 10.4. The molecule has 0 bridgehead atoms. The van der Waals surface area contributed by atoms with Crippen LogP contribution in [0.1, 0.15) is 77.5 Å². The van der Waals surface area contributed by atoms with E-state index in [1.807, 2.05) is 24.3 Å². The van der Waals surface area contributed by atoms with E-state index in [0.717, 1.165) is 31.2 Å². The van der Waals surface area contributed by atoms with E-state index in [9.17, 15) is 14.4 Å². The summed E-state index contributed by atoms with van der Waals surface area (Å²) in [6.45, 7) is 9.78. The molecule has 2 rings (SSSR count). The zero-order chi connectivity index (χ0) is 29.7. The Morgan fingerprint density at radius 1 is 0.950 bits per heavy atom. The Balaban J connectivity index is 2.47. The second kappa shape index (κ2) is 16.2. The Kier molecular flexibility index (Phi) is 13.3. The van der Waals surface area contributed by atoms with Crippen LogP contribution in [0.2, 0.25) is 0 Å². The van der Waals surface area contributed by atoms with E-state index in [1.54, 1.807) is 57.0 Å². The molecule has 3 amide bonds. The number of hydrogen-bond donors (Lipinski definition) is 3. The molecule has 0 aliphatic heterocycles. The smallest absolute Gasteiger partial charge is 0.408 e. The highest BCUT2D eigenvalue weighted by Crippen LogP contribution is 2.27. The number of rotatable bonds is 14. The third-order valence-corrected chi connectivity index (χ3v) is 6.69. The van der Waals surface area contributed by atoms with Gasteiger partial charge in [0, 0.05) is 18.0 Å². The topological polar surface area (TPSA) is 97.0 Å². The van der Waals surface area contributed by atoms with Crippen molar-refractivity contribution in [2.45, 2.75) is 84.4 Å². The van der Waals surface area contributed by atoms with Crippen LogP contribution >= 0.6 is 12.6 Å². The molecule has 40 heavy (non-hydrogen) atoms. The Labute approximate surface area is 244 Å². The molecule has 2 unspecified atom stereocenters. The zero-order valence-electron chi connectivity index (χ0n) is 24.7. The Morgan fingerprint density at radius 2 is 1.60 bits per heavy atom. The summed E-state index contributed by atoms with van der Waals surface area (Å²) in [5.74, 6) is -0.0343. The molecule has 0 spiro atoms. The molecular formula is C31H45N3O5S. The van der Waals surface area contributed by atoms with Crippen molar-refractivity contribution in [1.29, 1.82) is 0 Å². The van der Waals surface area contributed by atoms with Crippen LogP contribution < -0.4 is 15.4 Å². The fraction of sp³-hybridized carbons (Fsp3) is 0.516. The number of anilines is 1. The predicted octanol–water partition coefficient (Wildman–Crippen LogP) is 6.17. The number of ether oxygens (including phenoxy) is 2. The van der Waals surface area contributed by atoms with Gasteiger partial charge in [0.2, 0.25) is 5.91 Å². The van der Waals surface area contributed by atoms with Crippen LogP contribution in [0.15, 0.2) is 48.5 Å². The number of aryl methyl sites for hydroxylation is 1. The first-order chi connectivity index (χ1) is 19.0. The van der Waals surface area contributed by atoms with Crippen molar-refractivity contribution in [1.82, 2.24) is 10.2 Å². The van der Waals surface area contributed by atoms with E-state index < -0.39 is 29.7 Å². The summed E-state index contributed by atoms with van der Waals surface area (Å²) in [6.07, 6.45) is 3.81. The highest BCUT2D eigenvalue weighted by atomic mass is 32.1. The lowest BCUT2D eigenvalue weighted by Crippen LogP contribution is -2.53. The maximum Gasteiger partial charge on any atom is 0.408 e. The van der Waals surface area contributed by atoms with Gasteiger partial charge in [-0.3, -0.25) is 9.59 Å². The number of unbranched alkanes of at least 4 members (excludes halogenated alkanes) is 3. The van der Waals surface area contributed by atoms with Crippen molar-refractivity contribution in [2.75, 3.05) is 24.7 Å². The summed E-state index contributed by atoms with van der Waals surface area (Å²) in [6, 6.07) is 12.8. The zero-order valence-corrected chi connectivity index (χ0v) is 25.6. The molecule has 0 fully saturated rings. The Bertz CT molecular complexity index is 1080. The maximum atomic E-state index is 14.0. The highest BCUT2D eigenvalue weighted by Gasteiger charge is 2.35. The lowest BCUT2D eigenvalue weighted by molar-refractivity contribution is -0.140. The first-order valence-electron chi connectivity index (χ1n) is 14.0. The van der Waals surface area contributed by atoms with Crippen LogP contribution in [0.5, 0.6) is 5.75 Å². The van der Waals surface area contributed by atoms with Gasteiger partial charge in [0.15, 0.2) is 0 Å². The van der Waals surface area contributed by atoms with E-state index in [4.69, 9.17) is 9.47 Å². The van der Waals surface area contributed by atoms with Crippen LogP contribution in [-0.4, -0.2) is 53.9 Å². The SMILES string of the molecule is CCCCCCN(C(=O)C(CS)NC(=O)OC(C)(C)C)C(C(=O)Nc1ccc(OC)cc1)c1ccc(CC)cc1. The molecule has 2 aromatic carbocycles. The van der Waals surface area contributed by atoms with Gasteiger partial charge < -0.3 is 25.0 Å². The summed E-state index contributed by atoms with van der Waals surface area (Å²) in [7, 11) is 1.58. The Hall–Kier alpha value is -3.20. The first kappa shape index (κ1) is 33.0. The number of hydrogen-bond acceptors (Lipinski definition) is 6. The number of nitrogens with one attached hydrogen (secondary N) is 2. The summed E-state index contributed by atoms with van der Waals surface area (Å²) in [5.41, 5.74) is 1.66. The molecule has 2 N–H and O–H groups in total. The van der Waals surface area contributed by atoms with E-state index in [-0.39, 0.29) is 11.7 Å². The predicted molar refractivity (Wildman–Crippen MR) is 163 cm³/mol. The molecule has 0 saturated heterocycles. The molecule has 0 saturated carbocycles. The fourth-order valence-electron chi connectivity index (χ4n) is 4.20. The number of carbonyl (C=O) groups excluding carboxylic acids is 3. The van der Waals surface area contributed by atoms with Crippen molar-refractivity contribution < 1.29 is 23.9 Å². The standard InChI is InChI=1S/C31H45N3O5S/c1-7-9-10-11-20-34(29(36)26(21-40)33-30(37)39-31(3,4)5)27(23-14-12-22(8-2)13-15-23)28(35)32-24-16-18-25(38-6)19-17-24/h12-19,26-27,40H,7-11,20-21H2,1-6H3,(H,32,35)(H,33,37). The highest BCUT2D eigenvalue weighted by molar-refractivity contribution is 7.80. The van der Waals surface area contributed by atoms with Crippen molar-refractivity contribution in [2.24, 2.45) is 0 Å². The second-order valence-electron chi connectivity index (χ2n) is 10.7. The first-order valence-corrected chi connectivity index (χ1v) is 14.6. The number of thiol groups is 1. The number of carbonyl (C=O) groups is 3. The van der Waals surface area contributed by atoms with Gasteiger partial charge in [-0.15, -0.1) is 0 Å². The van der Waals surface area contributed by atoms with Crippen LogP contribution in [0.25, 0.3) is 0 Å². The van der Waals surface area contributed by atoms with E-state index in [1.165, 1.54) is 0 Å². The van der Waals surface area contributed by atoms with Gasteiger partial charge in [0.05, 0.1) is 7.11 Å². The number of alkyl carbamates (subject to hydrolysis) is 1. The molecule has 0 heterocycles. The third-order valence-electron chi connectivity index (χ3n) is 6.33. The number of methoxy groups -OCH3 is 1. The van der Waals surface area contributed by atoms with Gasteiger partial charge in [-0.25, -0.2) is 4.79 Å². The summed E-state index contributed by atoms with van der Waals surface area (Å²) >= 11 is 4.36. The molecule has 220 valence electrons. The maximum absolute atomic E-state index is 14.0. The van der Waals surface area contributed by atoms with E-state index in [2.05, 4.69) is 37.1 Å². The monoisotopic (exact) mass is 571 g/mol. The van der Waals surface area contributed by atoms with Crippen LogP contribution in [-0.2, 0) is 20.7 Å². The van der Waals surface area contributed by atoms with Crippen molar-refractivity contribution in [3.63, 3.8) is 0 Å². The quantitative estimate of drug-likeness (QED) is 0.186. The Morgan fingerprint density at radius 3 is 2.12 bits per heavy atom. The van der Waals surface area contributed by atoms with Gasteiger partial charge in [-0.05, 0) is 69.0 Å². The van der Waals surface area contributed by atoms with Crippen LogP contribution in [0.3, 0.4) is 0 Å². The number of amides is 3. The summed E-state index contributed by atoms with van der Waals surface area (Å²) < 4.78 is 10.6. The van der Waals surface area contributed by atoms with Crippen molar-refractivity contribution in [3.8, 4) is 5.75 Å². The normalized spacial score (nSPS) is 12.7. The molecule has 0 aliphatic rings. The van der Waals surface area contributed by atoms with Gasteiger partial charge >= 0.3 is 6.09 Å². The molecule has 9 heteroatoms. The average Bonchev–Trinajstić information content (AvgIpc) is 2.92. The van der Waals surface area contributed by atoms with Gasteiger partial charge in [0.25, 0.3) is 5.91 Å². The minimum absolute atomic E-state index is 0.0468. The second-order valence-corrected chi connectivity index (χ2v) is 11.1. The molecule has 0 aromatic heterocycles. The molecular weight excluding hydrogens is 526 g/mol. The van der Waals surface area contributed by atoms with Crippen LogP contribution in [0.4, 0.5) is 10.5 Å². The van der Waals surface area contributed by atoms with Gasteiger partial charge in [-0.2, -0.15) is 12.6 Å². The molecule has 2 atom stereocenters. The van der Waals surface area contributed by atoms with Gasteiger partial charge in [-0.1, -0.05) is 57.4 Å². The number of benzene rings is 2. The van der Waals surface area contributed by atoms with Crippen molar-refractivity contribution in [3.05, 3.63) is 59.7 Å². The molecule has 2 aromatic rings. The van der Waals surface area contributed by atoms with Gasteiger partial charge in [0.1, 0.15) is 23.4 Å². The minimum Gasteiger partial charge on any atom is -0.497 e.